The highest BCUT2D eigenvalue weighted by Crippen LogP contribution is 2.42. The molecule has 0 spiro atoms. The van der Waals surface area contributed by atoms with Crippen LogP contribution in [0.25, 0.3) is 0 Å². The molecule has 3 unspecified atom stereocenters. The van der Waals surface area contributed by atoms with E-state index in [2.05, 4.69) is 24.1 Å². The van der Waals surface area contributed by atoms with Crippen LogP contribution in [0.15, 0.2) is 0 Å². The van der Waals surface area contributed by atoms with Crippen molar-refractivity contribution in [1.29, 1.82) is 0 Å². The molecule has 3 rings (SSSR count). The summed E-state index contributed by atoms with van der Waals surface area (Å²) < 4.78 is 0. The third kappa shape index (κ3) is 2.02. The zero-order valence-electron chi connectivity index (χ0n) is 10.8. The maximum absolute atomic E-state index is 3.78. The highest BCUT2D eigenvalue weighted by atomic mass is 15.2. The first-order chi connectivity index (χ1) is 7.67. The summed E-state index contributed by atoms with van der Waals surface area (Å²) in [6.07, 6.45) is 7.26. The molecule has 1 N–H and O–H groups in total. The summed E-state index contributed by atoms with van der Waals surface area (Å²) >= 11 is 0. The number of rotatable bonds is 2. The second-order valence-electron chi connectivity index (χ2n) is 6.66. The Morgan fingerprint density at radius 3 is 2.62 bits per heavy atom. The summed E-state index contributed by atoms with van der Waals surface area (Å²) in [5.41, 5.74) is 0.435. The normalized spacial score (nSPS) is 46.1. The van der Waals surface area contributed by atoms with E-state index >= 15 is 0 Å². The van der Waals surface area contributed by atoms with Crippen molar-refractivity contribution >= 4 is 0 Å². The van der Waals surface area contributed by atoms with E-state index in [1.807, 2.05) is 0 Å². The lowest BCUT2D eigenvalue weighted by molar-refractivity contribution is 0.0887. The summed E-state index contributed by atoms with van der Waals surface area (Å²) in [5.74, 6) is 1.93. The first-order valence-corrected chi connectivity index (χ1v) is 7.16. The van der Waals surface area contributed by atoms with Gasteiger partial charge in [-0.1, -0.05) is 6.92 Å². The van der Waals surface area contributed by atoms with Gasteiger partial charge in [0.2, 0.25) is 0 Å². The summed E-state index contributed by atoms with van der Waals surface area (Å²) in [6.45, 7) is 8.66. The van der Waals surface area contributed by atoms with Crippen LogP contribution < -0.4 is 5.32 Å². The van der Waals surface area contributed by atoms with Gasteiger partial charge in [0.1, 0.15) is 0 Å². The van der Waals surface area contributed by atoms with Crippen LogP contribution in [0.5, 0.6) is 0 Å². The van der Waals surface area contributed by atoms with Crippen molar-refractivity contribution < 1.29 is 0 Å². The predicted molar refractivity (Wildman–Crippen MR) is 67.5 cm³/mol. The second kappa shape index (κ2) is 3.99. The van der Waals surface area contributed by atoms with E-state index in [1.54, 1.807) is 0 Å². The number of piperazine rings is 1. The maximum Gasteiger partial charge on any atom is 0.0309 e. The van der Waals surface area contributed by atoms with Crippen LogP contribution in [0.1, 0.15) is 46.0 Å². The number of nitrogens with one attached hydrogen (secondary N) is 1. The molecule has 1 saturated heterocycles. The molecule has 0 bridgehead atoms. The monoisotopic (exact) mass is 222 g/mol. The molecule has 2 nitrogen and oxygen atoms in total. The second-order valence-corrected chi connectivity index (χ2v) is 6.66. The lowest BCUT2D eigenvalue weighted by Gasteiger charge is -2.44. The predicted octanol–water partition coefficient (Wildman–Crippen LogP) is 2.25. The van der Waals surface area contributed by atoms with E-state index in [9.17, 15) is 0 Å². The van der Waals surface area contributed by atoms with Crippen molar-refractivity contribution in [1.82, 2.24) is 10.2 Å². The van der Waals surface area contributed by atoms with Crippen LogP contribution in [0, 0.1) is 11.8 Å². The van der Waals surface area contributed by atoms with Crippen LogP contribution >= 0.6 is 0 Å². The topological polar surface area (TPSA) is 15.3 Å². The Labute approximate surface area is 99.8 Å². The fourth-order valence-corrected chi connectivity index (χ4v) is 3.86. The van der Waals surface area contributed by atoms with Gasteiger partial charge in [-0.2, -0.15) is 0 Å². The molecular weight excluding hydrogens is 196 g/mol. The lowest BCUT2D eigenvalue weighted by atomic mass is 9.92. The molecule has 2 saturated carbocycles. The Hall–Kier alpha value is -0.0800. The van der Waals surface area contributed by atoms with E-state index in [0.717, 1.165) is 17.9 Å². The number of nitrogens with zero attached hydrogens (tertiary/aromatic N) is 1. The van der Waals surface area contributed by atoms with Gasteiger partial charge in [-0.3, -0.25) is 4.90 Å². The van der Waals surface area contributed by atoms with Crippen molar-refractivity contribution in [3.63, 3.8) is 0 Å². The Morgan fingerprint density at radius 1 is 1.19 bits per heavy atom. The van der Waals surface area contributed by atoms with E-state index in [-0.39, 0.29) is 0 Å². The van der Waals surface area contributed by atoms with Gasteiger partial charge in [-0.15, -0.1) is 0 Å². The van der Waals surface area contributed by atoms with Crippen LogP contribution in [0.3, 0.4) is 0 Å². The minimum absolute atomic E-state index is 0.435. The average Bonchev–Trinajstić information content (AvgIpc) is 3.03. The fourth-order valence-electron chi connectivity index (χ4n) is 3.86. The van der Waals surface area contributed by atoms with Gasteiger partial charge in [0.25, 0.3) is 0 Å². The Kier molecular flexibility index (Phi) is 2.75. The molecule has 0 aromatic heterocycles. The van der Waals surface area contributed by atoms with E-state index in [0.29, 0.717) is 5.54 Å². The summed E-state index contributed by atoms with van der Waals surface area (Å²) in [6, 6.07) is 0.898. The first kappa shape index (κ1) is 11.0. The smallest absolute Gasteiger partial charge is 0.0309 e. The highest BCUT2D eigenvalue weighted by molar-refractivity contribution is 5.03. The minimum Gasteiger partial charge on any atom is -0.309 e. The van der Waals surface area contributed by atoms with E-state index in [1.165, 1.54) is 51.7 Å². The van der Waals surface area contributed by atoms with Gasteiger partial charge >= 0.3 is 0 Å². The zero-order valence-corrected chi connectivity index (χ0v) is 10.8. The number of hydrogen-bond donors (Lipinski definition) is 1. The van der Waals surface area contributed by atoms with Gasteiger partial charge in [0, 0.05) is 31.2 Å². The molecule has 92 valence electrons. The fraction of sp³-hybridized carbons (Fsp3) is 1.00. The van der Waals surface area contributed by atoms with Crippen molar-refractivity contribution in [3.05, 3.63) is 0 Å². The van der Waals surface area contributed by atoms with Crippen LogP contribution in [-0.2, 0) is 0 Å². The van der Waals surface area contributed by atoms with Crippen LogP contribution in [0.4, 0.5) is 0 Å². The Morgan fingerprint density at radius 2 is 2.00 bits per heavy atom. The third-order valence-electron chi connectivity index (χ3n) is 5.12. The van der Waals surface area contributed by atoms with E-state index < -0.39 is 0 Å². The molecule has 2 aliphatic carbocycles. The van der Waals surface area contributed by atoms with Crippen molar-refractivity contribution in [3.8, 4) is 0 Å². The molecule has 0 amide bonds. The largest absolute Gasteiger partial charge is 0.309 e. The zero-order chi connectivity index (χ0) is 11.2. The lowest BCUT2D eigenvalue weighted by Crippen LogP contribution is -2.61. The molecule has 0 radical (unpaired) electrons. The summed E-state index contributed by atoms with van der Waals surface area (Å²) in [5, 5.41) is 3.78. The van der Waals surface area contributed by atoms with Gasteiger partial charge in [0.15, 0.2) is 0 Å². The molecule has 3 aliphatic rings. The van der Waals surface area contributed by atoms with Crippen LogP contribution in [0.2, 0.25) is 0 Å². The molecule has 2 heteroatoms. The SMILES string of the molecule is CC1CCC(N2CCNC(C)(C3CC3)C2)C1. The molecule has 1 aliphatic heterocycles. The van der Waals surface area contributed by atoms with Gasteiger partial charge in [-0.05, 0) is 50.9 Å². The maximum atomic E-state index is 3.78. The molecular formula is C14H26N2. The standard InChI is InChI=1S/C14H26N2/c1-11-3-6-13(9-11)16-8-7-15-14(2,10-16)12-4-5-12/h11-13,15H,3-10H2,1-2H3. The third-order valence-corrected chi connectivity index (χ3v) is 5.12. The van der Waals surface area contributed by atoms with Crippen molar-refractivity contribution in [2.45, 2.75) is 57.5 Å². The summed E-state index contributed by atoms with van der Waals surface area (Å²) in [7, 11) is 0. The van der Waals surface area contributed by atoms with Gasteiger partial charge in [-0.25, -0.2) is 0 Å². The molecule has 0 aromatic rings. The van der Waals surface area contributed by atoms with Crippen molar-refractivity contribution in [2.24, 2.45) is 11.8 Å². The Bertz CT molecular complexity index is 261. The van der Waals surface area contributed by atoms with Crippen LogP contribution in [-0.4, -0.2) is 36.1 Å². The van der Waals surface area contributed by atoms with Gasteiger partial charge < -0.3 is 5.32 Å². The Balaban J connectivity index is 1.63. The first-order valence-electron chi connectivity index (χ1n) is 7.16. The average molecular weight is 222 g/mol. The molecule has 0 aromatic carbocycles. The minimum atomic E-state index is 0.435. The molecule has 3 atom stereocenters. The van der Waals surface area contributed by atoms with E-state index in [4.69, 9.17) is 0 Å². The molecule has 1 heterocycles. The van der Waals surface area contributed by atoms with Crippen molar-refractivity contribution in [2.75, 3.05) is 19.6 Å². The number of hydrogen-bond acceptors (Lipinski definition) is 2. The molecule has 3 fully saturated rings. The highest BCUT2D eigenvalue weighted by Gasteiger charge is 2.45. The molecule has 16 heavy (non-hydrogen) atoms. The quantitative estimate of drug-likeness (QED) is 0.771. The van der Waals surface area contributed by atoms with Gasteiger partial charge in [0.05, 0.1) is 0 Å². The summed E-state index contributed by atoms with van der Waals surface area (Å²) in [4.78, 5) is 2.79.